The molecule has 1 aromatic carbocycles. The van der Waals surface area contributed by atoms with Gasteiger partial charge in [0.2, 0.25) is 5.91 Å². The zero-order valence-electron chi connectivity index (χ0n) is 21.0. The van der Waals surface area contributed by atoms with Crippen molar-refractivity contribution in [1.29, 1.82) is 0 Å². The lowest BCUT2D eigenvalue weighted by Gasteiger charge is -2.31. The van der Waals surface area contributed by atoms with Gasteiger partial charge in [-0.1, -0.05) is 47.1 Å². The average molecular weight is 471 g/mol. The largest absolute Gasteiger partial charge is 0.505 e. The molecule has 2 unspecified atom stereocenters. The van der Waals surface area contributed by atoms with Gasteiger partial charge < -0.3 is 14.7 Å². The summed E-state index contributed by atoms with van der Waals surface area (Å²) in [6.07, 6.45) is 4.50. The quantitative estimate of drug-likeness (QED) is 0.524. The van der Waals surface area contributed by atoms with E-state index in [-0.39, 0.29) is 24.2 Å². The molecule has 0 spiro atoms. The van der Waals surface area contributed by atoms with Crippen LogP contribution in [-0.2, 0) is 28.9 Å². The average Bonchev–Trinajstić information content (AvgIpc) is 3.17. The third-order valence-electron chi connectivity index (χ3n) is 6.54. The Morgan fingerprint density at radius 2 is 1.88 bits per heavy atom. The van der Waals surface area contributed by atoms with Gasteiger partial charge in [-0.05, 0) is 48.8 Å². The highest BCUT2D eigenvalue weighted by Gasteiger charge is 2.42. The summed E-state index contributed by atoms with van der Waals surface area (Å²) in [5.74, 6) is -1.12. The van der Waals surface area contributed by atoms with Crippen LogP contribution in [0.2, 0.25) is 0 Å². The molecule has 0 radical (unpaired) electrons. The van der Waals surface area contributed by atoms with E-state index >= 15 is 0 Å². The number of aryl methyl sites for hydroxylation is 2. The Labute approximate surface area is 200 Å². The van der Waals surface area contributed by atoms with Crippen LogP contribution < -0.4 is 0 Å². The smallest absolute Gasteiger partial charge is 0.450 e. The van der Waals surface area contributed by atoms with Gasteiger partial charge in [0.05, 0.1) is 29.4 Å². The molecule has 34 heavy (non-hydrogen) atoms. The number of carbonyl (C=O) groups excluding carboxylic acids is 1. The van der Waals surface area contributed by atoms with Gasteiger partial charge in [0.1, 0.15) is 12.4 Å². The summed E-state index contributed by atoms with van der Waals surface area (Å²) in [6.45, 7) is 12.2. The molecule has 0 saturated carbocycles. The monoisotopic (exact) mass is 470 g/mol. The zero-order chi connectivity index (χ0) is 25.2. The maximum absolute atomic E-state index is 14.5. The van der Waals surface area contributed by atoms with Crippen LogP contribution in [0.15, 0.2) is 12.1 Å². The van der Waals surface area contributed by atoms with E-state index in [1.807, 2.05) is 33.8 Å². The number of nitrogens with zero attached hydrogens (tertiary/aromatic N) is 2. The van der Waals surface area contributed by atoms with Crippen LogP contribution in [0.25, 0.3) is 16.6 Å². The standard InChI is InChI=1S/C22H21FN2O4.C3H8.C2H6/c1-10-6-18-20-14(8-25(18)21(26)15(10)9-29-22(27)28)13-5-3-4-12-11(2)16(23)7-17(24-20)19(12)13;1-3-2;1-2/h6-7,10,15H,3-5,8-9H2,1-2H3,(H,27,28);3H2,1-2H3;1-2H3. The van der Waals surface area contributed by atoms with Crippen molar-refractivity contribution in [3.05, 3.63) is 45.9 Å². The van der Waals surface area contributed by atoms with Crippen molar-refractivity contribution in [2.45, 2.75) is 73.8 Å². The number of allylic oxidation sites excluding steroid dienone is 1. The normalized spacial score (nSPS) is 19.8. The number of halogens is 1. The molecule has 2 atom stereocenters. The van der Waals surface area contributed by atoms with Crippen molar-refractivity contribution in [2.75, 3.05) is 6.61 Å². The highest BCUT2D eigenvalue weighted by molar-refractivity contribution is 5.97. The molecule has 6 nitrogen and oxygen atoms in total. The van der Waals surface area contributed by atoms with Crippen molar-refractivity contribution in [3.63, 3.8) is 0 Å². The molecule has 184 valence electrons. The van der Waals surface area contributed by atoms with Gasteiger partial charge in [0, 0.05) is 17.0 Å². The summed E-state index contributed by atoms with van der Waals surface area (Å²) in [6, 6.07) is 1.50. The topological polar surface area (TPSA) is 79.7 Å². The molecule has 2 aromatic rings. The Morgan fingerprint density at radius 1 is 1.24 bits per heavy atom. The highest BCUT2D eigenvalue weighted by Crippen LogP contribution is 2.44. The van der Waals surface area contributed by atoms with Gasteiger partial charge in [0.25, 0.3) is 0 Å². The maximum Gasteiger partial charge on any atom is 0.505 e. The Bertz CT molecular complexity index is 1140. The number of aromatic nitrogens is 1. The summed E-state index contributed by atoms with van der Waals surface area (Å²) in [5, 5.41) is 9.84. The third kappa shape index (κ3) is 4.40. The number of amides is 1. The number of ether oxygens (including phenoxy) is 1. The van der Waals surface area contributed by atoms with E-state index in [4.69, 9.17) is 10.1 Å². The molecule has 1 aromatic heterocycles. The van der Waals surface area contributed by atoms with Gasteiger partial charge in [0.15, 0.2) is 0 Å². The minimum Gasteiger partial charge on any atom is -0.450 e. The minimum atomic E-state index is -1.38. The first kappa shape index (κ1) is 25.7. The van der Waals surface area contributed by atoms with Crippen molar-refractivity contribution in [2.24, 2.45) is 11.8 Å². The Kier molecular flexibility index (Phi) is 7.95. The van der Waals surface area contributed by atoms with Crippen molar-refractivity contribution in [1.82, 2.24) is 9.88 Å². The maximum atomic E-state index is 14.5. The Balaban J connectivity index is 0.000000603. The molecule has 5 rings (SSSR count). The van der Waals surface area contributed by atoms with Crippen LogP contribution in [0.1, 0.15) is 75.4 Å². The summed E-state index contributed by atoms with van der Waals surface area (Å²) >= 11 is 0. The molecule has 1 amide bonds. The highest BCUT2D eigenvalue weighted by atomic mass is 19.1. The van der Waals surface area contributed by atoms with E-state index in [9.17, 15) is 14.0 Å². The molecule has 0 fully saturated rings. The zero-order valence-corrected chi connectivity index (χ0v) is 21.0. The second-order valence-electron chi connectivity index (χ2n) is 8.85. The summed E-state index contributed by atoms with van der Waals surface area (Å²) in [7, 11) is 0. The molecule has 7 heteroatoms. The Hall–Kier alpha value is -2.96. The van der Waals surface area contributed by atoms with Crippen molar-refractivity contribution in [3.8, 4) is 0 Å². The van der Waals surface area contributed by atoms with E-state index in [0.29, 0.717) is 17.6 Å². The summed E-state index contributed by atoms with van der Waals surface area (Å²) in [5.41, 5.74) is 6.07. The number of fused-ring (bicyclic) bond motifs is 4. The number of rotatable bonds is 2. The predicted molar refractivity (Wildman–Crippen MR) is 131 cm³/mol. The van der Waals surface area contributed by atoms with Crippen LogP contribution in [0.3, 0.4) is 0 Å². The number of carboxylic acid groups (broad SMARTS) is 1. The number of pyridine rings is 1. The fraction of sp³-hybridized carbons (Fsp3) is 0.519. The molecule has 3 aliphatic rings. The van der Waals surface area contributed by atoms with Gasteiger partial charge in [-0.3, -0.25) is 4.79 Å². The van der Waals surface area contributed by atoms with Crippen LogP contribution in [-0.4, -0.2) is 33.7 Å². The molecule has 0 saturated heterocycles. The molecule has 3 heterocycles. The SMILES string of the molecule is CC.CCC.Cc1c(F)cc2nc3c(c4c2c1CCC4)CN1C(=O)C(COC(=O)O)C(C)C=C31. The lowest BCUT2D eigenvalue weighted by molar-refractivity contribution is -0.135. The molecular weight excluding hydrogens is 435 g/mol. The lowest BCUT2D eigenvalue weighted by atomic mass is 9.85. The minimum absolute atomic E-state index is 0.149. The second kappa shape index (κ2) is 10.5. The van der Waals surface area contributed by atoms with E-state index < -0.39 is 12.1 Å². The van der Waals surface area contributed by atoms with E-state index in [1.165, 1.54) is 18.1 Å². The number of benzene rings is 1. The van der Waals surface area contributed by atoms with E-state index in [0.717, 1.165) is 47.2 Å². The molecular formula is C27H35FN2O4. The fourth-order valence-corrected chi connectivity index (χ4v) is 5.02. The third-order valence-corrected chi connectivity index (χ3v) is 6.54. The van der Waals surface area contributed by atoms with Gasteiger partial charge >= 0.3 is 6.16 Å². The predicted octanol–water partition coefficient (Wildman–Crippen LogP) is 6.26. The summed E-state index contributed by atoms with van der Waals surface area (Å²) < 4.78 is 19.2. The van der Waals surface area contributed by atoms with Crippen LogP contribution in [0, 0.1) is 24.6 Å². The molecule has 2 aliphatic heterocycles. The van der Waals surface area contributed by atoms with Crippen molar-refractivity contribution < 1.29 is 23.8 Å². The van der Waals surface area contributed by atoms with Crippen LogP contribution in [0.4, 0.5) is 9.18 Å². The first-order valence-corrected chi connectivity index (χ1v) is 12.3. The lowest BCUT2D eigenvalue weighted by Crippen LogP contribution is -2.40. The van der Waals surface area contributed by atoms with Crippen molar-refractivity contribution >= 4 is 28.7 Å². The number of carbonyl (C=O) groups is 2. The molecule has 1 N–H and O–H groups in total. The first-order chi connectivity index (χ1) is 16.3. The van der Waals surface area contributed by atoms with Gasteiger partial charge in [-0.25, -0.2) is 14.2 Å². The Morgan fingerprint density at radius 3 is 2.53 bits per heavy atom. The van der Waals surface area contributed by atoms with Crippen LogP contribution in [0.5, 0.6) is 0 Å². The van der Waals surface area contributed by atoms with Gasteiger partial charge in [-0.2, -0.15) is 0 Å². The first-order valence-electron chi connectivity index (χ1n) is 12.3. The second-order valence-corrected chi connectivity index (χ2v) is 8.85. The summed E-state index contributed by atoms with van der Waals surface area (Å²) in [4.78, 5) is 30.3. The van der Waals surface area contributed by atoms with Crippen LogP contribution >= 0.6 is 0 Å². The number of hydrogen-bond acceptors (Lipinski definition) is 4. The fourth-order valence-electron chi connectivity index (χ4n) is 5.02. The van der Waals surface area contributed by atoms with Gasteiger partial charge in [-0.15, -0.1) is 0 Å². The van der Waals surface area contributed by atoms with E-state index in [1.54, 1.807) is 4.90 Å². The molecule has 1 aliphatic carbocycles. The molecule has 0 bridgehead atoms. The number of hydrogen-bond donors (Lipinski definition) is 1. The van der Waals surface area contributed by atoms with E-state index in [2.05, 4.69) is 18.6 Å².